The van der Waals surface area contributed by atoms with E-state index in [2.05, 4.69) is 46.7 Å². The van der Waals surface area contributed by atoms with Gasteiger partial charge in [0.05, 0.1) is 12.1 Å². The Hall–Kier alpha value is -2.60. The van der Waals surface area contributed by atoms with Crippen molar-refractivity contribution in [2.24, 2.45) is 5.92 Å². The van der Waals surface area contributed by atoms with Gasteiger partial charge < -0.3 is 20.0 Å². The van der Waals surface area contributed by atoms with E-state index in [1.165, 1.54) is 12.8 Å². The number of benzene rings is 1. The van der Waals surface area contributed by atoms with Crippen LogP contribution in [0.2, 0.25) is 0 Å². The van der Waals surface area contributed by atoms with Crippen LogP contribution in [0.4, 0.5) is 11.8 Å². The molecule has 0 saturated heterocycles. The van der Waals surface area contributed by atoms with E-state index >= 15 is 0 Å². The van der Waals surface area contributed by atoms with E-state index in [4.69, 9.17) is 14.4 Å². The van der Waals surface area contributed by atoms with Crippen LogP contribution in [0.25, 0.3) is 10.9 Å². The summed E-state index contributed by atoms with van der Waals surface area (Å²) in [6.07, 6.45) is 5.70. The third-order valence-electron chi connectivity index (χ3n) is 5.98. The molecule has 6 heteroatoms. The van der Waals surface area contributed by atoms with Gasteiger partial charge in [0.2, 0.25) is 5.95 Å². The number of fused-ring (bicyclic) bond motifs is 1. The molecule has 2 N–H and O–H groups in total. The SMILES string of the molecule is CCc1ccc(CNCC2CCC(Nc3nc(N(C)C)c4ccccc4n3)CC2)o1. The molecule has 160 valence electrons. The van der Waals surface area contributed by atoms with Crippen LogP contribution in [-0.2, 0) is 13.0 Å². The molecule has 1 aliphatic carbocycles. The highest BCUT2D eigenvalue weighted by Gasteiger charge is 2.22. The Morgan fingerprint density at radius 2 is 1.77 bits per heavy atom. The average molecular weight is 408 g/mol. The molecule has 0 spiro atoms. The third kappa shape index (κ3) is 4.93. The summed E-state index contributed by atoms with van der Waals surface area (Å²) < 4.78 is 5.77. The highest BCUT2D eigenvalue weighted by atomic mass is 16.3. The van der Waals surface area contributed by atoms with Crippen LogP contribution in [0.1, 0.15) is 44.1 Å². The number of furan rings is 1. The van der Waals surface area contributed by atoms with Crippen molar-refractivity contribution >= 4 is 22.7 Å². The minimum Gasteiger partial charge on any atom is -0.465 e. The Bertz CT molecular complexity index is 959. The molecule has 0 radical (unpaired) electrons. The quantitative estimate of drug-likeness (QED) is 0.568. The zero-order chi connectivity index (χ0) is 20.9. The Morgan fingerprint density at radius 3 is 2.50 bits per heavy atom. The molecule has 1 aromatic carbocycles. The van der Waals surface area contributed by atoms with E-state index in [-0.39, 0.29) is 0 Å². The second-order valence-corrected chi connectivity index (χ2v) is 8.50. The predicted molar refractivity (Wildman–Crippen MR) is 123 cm³/mol. The topological polar surface area (TPSA) is 66.2 Å². The molecular formula is C24H33N5O. The van der Waals surface area contributed by atoms with Gasteiger partial charge in [0, 0.05) is 31.9 Å². The van der Waals surface area contributed by atoms with E-state index < -0.39 is 0 Å². The van der Waals surface area contributed by atoms with Crippen molar-refractivity contribution in [2.45, 2.75) is 51.6 Å². The number of aryl methyl sites for hydroxylation is 1. The smallest absolute Gasteiger partial charge is 0.225 e. The van der Waals surface area contributed by atoms with Gasteiger partial charge in [0.15, 0.2) is 0 Å². The summed E-state index contributed by atoms with van der Waals surface area (Å²) in [5, 5.41) is 8.25. The summed E-state index contributed by atoms with van der Waals surface area (Å²) in [7, 11) is 4.06. The van der Waals surface area contributed by atoms with Gasteiger partial charge in [-0.1, -0.05) is 19.1 Å². The molecule has 6 nitrogen and oxygen atoms in total. The van der Waals surface area contributed by atoms with Gasteiger partial charge >= 0.3 is 0 Å². The van der Waals surface area contributed by atoms with E-state index in [9.17, 15) is 0 Å². The number of hydrogen-bond acceptors (Lipinski definition) is 6. The van der Waals surface area contributed by atoms with E-state index in [1.54, 1.807) is 0 Å². The number of anilines is 2. The van der Waals surface area contributed by atoms with Crippen LogP contribution < -0.4 is 15.5 Å². The van der Waals surface area contributed by atoms with E-state index in [1.807, 2.05) is 26.2 Å². The maximum atomic E-state index is 5.77. The van der Waals surface area contributed by atoms with Gasteiger partial charge in [-0.3, -0.25) is 0 Å². The molecule has 4 rings (SSSR count). The van der Waals surface area contributed by atoms with Crippen LogP contribution >= 0.6 is 0 Å². The van der Waals surface area contributed by atoms with Crippen molar-refractivity contribution in [1.82, 2.24) is 15.3 Å². The fourth-order valence-corrected chi connectivity index (χ4v) is 4.27. The van der Waals surface area contributed by atoms with E-state index in [0.29, 0.717) is 6.04 Å². The van der Waals surface area contributed by atoms with Crippen molar-refractivity contribution in [2.75, 3.05) is 30.9 Å². The van der Waals surface area contributed by atoms with Crippen molar-refractivity contribution in [3.05, 3.63) is 47.9 Å². The number of para-hydroxylation sites is 1. The molecule has 1 saturated carbocycles. The number of rotatable bonds is 8. The number of nitrogens with one attached hydrogen (secondary N) is 2. The van der Waals surface area contributed by atoms with Crippen LogP contribution in [0, 0.1) is 5.92 Å². The van der Waals surface area contributed by atoms with Gasteiger partial charge in [-0.2, -0.15) is 4.98 Å². The molecule has 0 unspecified atom stereocenters. The first-order chi connectivity index (χ1) is 14.6. The lowest BCUT2D eigenvalue weighted by atomic mass is 9.86. The minimum absolute atomic E-state index is 0.439. The first-order valence-electron chi connectivity index (χ1n) is 11.1. The highest BCUT2D eigenvalue weighted by Crippen LogP contribution is 2.28. The first-order valence-corrected chi connectivity index (χ1v) is 11.1. The summed E-state index contributed by atoms with van der Waals surface area (Å²) in [6.45, 7) is 3.98. The van der Waals surface area contributed by atoms with Gasteiger partial charge in [-0.25, -0.2) is 4.98 Å². The summed E-state index contributed by atoms with van der Waals surface area (Å²) in [6, 6.07) is 12.8. The van der Waals surface area contributed by atoms with Gasteiger partial charge in [0.1, 0.15) is 17.3 Å². The van der Waals surface area contributed by atoms with Crippen LogP contribution in [0.3, 0.4) is 0 Å². The van der Waals surface area contributed by atoms with Crippen molar-refractivity contribution < 1.29 is 4.42 Å². The largest absolute Gasteiger partial charge is 0.465 e. The predicted octanol–water partition coefficient (Wildman–Crippen LogP) is 4.61. The van der Waals surface area contributed by atoms with Crippen molar-refractivity contribution in [3.63, 3.8) is 0 Å². The lowest BCUT2D eigenvalue weighted by Gasteiger charge is -2.29. The van der Waals surface area contributed by atoms with Crippen LogP contribution in [-0.4, -0.2) is 36.6 Å². The molecule has 0 aliphatic heterocycles. The second kappa shape index (κ2) is 9.47. The summed E-state index contributed by atoms with van der Waals surface area (Å²) in [4.78, 5) is 11.6. The molecule has 0 atom stereocenters. The molecule has 30 heavy (non-hydrogen) atoms. The molecular weight excluding hydrogens is 374 g/mol. The Morgan fingerprint density at radius 1 is 1.00 bits per heavy atom. The highest BCUT2D eigenvalue weighted by molar-refractivity contribution is 5.90. The molecule has 2 heterocycles. The zero-order valence-corrected chi connectivity index (χ0v) is 18.3. The fourth-order valence-electron chi connectivity index (χ4n) is 4.27. The first kappa shape index (κ1) is 20.7. The normalized spacial score (nSPS) is 19.2. The lowest BCUT2D eigenvalue weighted by Crippen LogP contribution is -2.31. The lowest BCUT2D eigenvalue weighted by molar-refractivity contribution is 0.319. The third-order valence-corrected chi connectivity index (χ3v) is 5.98. The monoisotopic (exact) mass is 407 g/mol. The summed E-state index contributed by atoms with van der Waals surface area (Å²) >= 11 is 0. The Labute approximate surface area is 179 Å². The number of hydrogen-bond donors (Lipinski definition) is 2. The second-order valence-electron chi connectivity index (χ2n) is 8.50. The van der Waals surface area contributed by atoms with Crippen molar-refractivity contribution in [1.29, 1.82) is 0 Å². The summed E-state index contributed by atoms with van der Waals surface area (Å²) in [5.74, 6) is 4.52. The average Bonchev–Trinajstić information content (AvgIpc) is 3.22. The molecule has 0 bridgehead atoms. The number of aromatic nitrogens is 2. The molecule has 1 fully saturated rings. The van der Waals surface area contributed by atoms with Crippen molar-refractivity contribution in [3.8, 4) is 0 Å². The Kier molecular flexibility index (Phi) is 6.53. The molecule has 3 aromatic rings. The molecule has 1 aliphatic rings. The van der Waals surface area contributed by atoms with Gasteiger partial charge in [-0.05, 0) is 62.4 Å². The molecule has 0 amide bonds. The van der Waals surface area contributed by atoms with Gasteiger partial charge in [-0.15, -0.1) is 0 Å². The van der Waals surface area contributed by atoms with Crippen LogP contribution in [0.15, 0.2) is 40.8 Å². The minimum atomic E-state index is 0.439. The maximum absolute atomic E-state index is 5.77. The number of nitrogens with zero attached hydrogens (tertiary/aromatic N) is 3. The standard InChI is InChI=1S/C24H33N5O/c1-4-19-13-14-20(30-19)16-25-15-17-9-11-18(12-10-17)26-24-27-22-8-6-5-7-21(22)23(28-24)29(2)3/h5-8,13-14,17-18,25H,4,9-12,15-16H2,1-3H3,(H,26,27,28). The van der Waals surface area contributed by atoms with Gasteiger partial charge in [0.25, 0.3) is 0 Å². The zero-order valence-electron chi connectivity index (χ0n) is 18.3. The maximum Gasteiger partial charge on any atom is 0.225 e. The van der Waals surface area contributed by atoms with E-state index in [0.717, 1.165) is 72.5 Å². The fraction of sp³-hybridized carbons (Fsp3) is 0.500. The molecule has 2 aromatic heterocycles. The Balaban J connectivity index is 1.28. The van der Waals surface area contributed by atoms with Crippen LogP contribution in [0.5, 0.6) is 0 Å². The summed E-state index contributed by atoms with van der Waals surface area (Å²) in [5.41, 5.74) is 0.987.